The van der Waals surface area contributed by atoms with E-state index in [1.807, 2.05) is 36.5 Å². The smallest absolute Gasteiger partial charge is 0.195 e. The second kappa shape index (κ2) is 10.2. The topological polar surface area (TPSA) is 107 Å². The fourth-order valence-electron chi connectivity index (χ4n) is 4.22. The van der Waals surface area contributed by atoms with Crippen LogP contribution in [-0.4, -0.2) is 28.4 Å². The van der Waals surface area contributed by atoms with E-state index in [2.05, 4.69) is 16.0 Å². The highest BCUT2D eigenvalue weighted by Crippen LogP contribution is 2.28. The first kappa shape index (κ1) is 23.6. The van der Waals surface area contributed by atoms with E-state index in [9.17, 15) is 4.79 Å². The minimum atomic E-state index is -0.194. The van der Waals surface area contributed by atoms with Crippen LogP contribution in [0.25, 0.3) is 22.0 Å². The standard InChI is InChI=1S/C29H25ClN4O2/c30-22-5-3-4-19(10-22)29(35)26-13-18(8-9-27(26)32)20-12-24(16-33-14-20)36-17-23(31)11-21-15-34-28-7-2-1-6-25(21)28/h1-10,12-16,23,34H,11,17,31-32H2/t23-/m0/s1. The van der Waals surface area contributed by atoms with E-state index in [0.29, 0.717) is 40.6 Å². The molecule has 5 N–H and O–H groups in total. The quantitative estimate of drug-likeness (QED) is 0.190. The summed E-state index contributed by atoms with van der Waals surface area (Å²) in [4.78, 5) is 20.7. The van der Waals surface area contributed by atoms with Crippen LogP contribution in [0.4, 0.5) is 5.69 Å². The Labute approximate surface area is 213 Å². The highest BCUT2D eigenvalue weighted by Gasteiger charge is 2.15. The largest absolute Gasteiger partial charge is 0.490 e. The molecule has 5 aromatic rings. The molecule has 6 nitrogen and oxygen atoms in total. The molecule has 5 rings (SSSR count). The molecule has 0 aliphatic carbocycles. The van der Waals surface area contributed by atoms with Gasteiger partial charge in [0, 0.05) is 56.7 Å². The zero-order valence-corrected chi connectivity index (χ0v) is 20.2. The Kier molecular flexibility index (Phi) is 6.71. The summed E-state index contributed by atoms with van der Waals surface area (Å²) in [5, 5.41) is 1.66. The number of aromatic nitrogens is 2. The highest BCUT2D eigenvalue weighted by molar-refractivity contribution is 6.31. The number of anilines is 1. The second-order valence-electron chi connectivity index (χ2n) is 8.69. The lowest BCUT2D eigenvalue weighted by atomic mass is 9.97. The molecule has 7 heteroatoms. The molecule has 0 saturated carbocycles. The lowest BCUT2D eigenvalue weighted by molar-refractivity contribution is 0.103. The number of ether oxygens (including phenoxy) is 1. The number of fused-ring (bicyclic) bond motifs is 1. The van der Waals surface area contributed by atoms with Crippen LogP contribution in [0.2, 0.25) is 5.02 Å². The third-order valence-electron chi connectivity index (χ3n) is 6.05. The van der Waals surface area contributed by atoms with Crippen LogP contribution >= 0.6 is 11.6 Å². The number of nitrogen functional groups attached to an aromatic ring is 1. The van der Waals surface area contributed by atoms with Crippen molar-refractivity contribution >= 4 is 34.0 Å². The van der Waals surface area contributed by atoms with Crippen molar-refractivity contribution in [3.8, 4) is 16.9 Å². The molecule has 2 aromatic heterocycles. The fraction of sp³-hybridized carbons (Fsp3) is 0.103. The van der Waals surface area contributed by atoms with Crippen molar-refractivity contribution < 1.29 is 9.53 Å². The van der Waals surface area contributed by atoms with Gasteiger partial charge in [-0.05, 0) is 53.9 Å². The summed E-state index contributed by atoms with van der Waals surface area (Å²) >= 11 is 6.06. The number of rotatable bonds is 8. The Hall–Kier alpha value is -4.13. The molecule has 0 saturated heterocycles. The van der Waals surface area contributed by atoms with Gasteiger partial charge in [-0.3, -0.25) is 9.78 Å². The van der Waals surface area contributed by atoms with Gasteiger partial charge in [0.2, 0.25) is 0 Å². The first-order valence-corrected chi connectivity index (χ1v) is 11.9. The van der Waals surface area contributed by atoms with Crippen molar-refractivity contribution in [3.05, 3.63) is 113 Å². The number of benzene rings is 3. The van der Waals surface area contributed by atoms with Crippen molar-refractivity contribution in [2.24, 2.45) is 5.73 Å². The number of nitrogens with one attached hydrogen (secondary N) is 1. The van der Waals surface area contributed by atoms with Crippen LogP contribution in [0.3, 0.4) is 0 Å². The monoisotopic (exact) mass is 496 g/mol. The molecule has 1 atom stereocenters. The number of pyridine rings is 1. The fourth-order valence-corrected chi connectivity index (χ4v) is 4.41. The zero-order valence-electron chi connectivity index (χ0n) is 19.4. The molecule has 36 heavy (non-hydrogen) atoms. The lowest BCUT2D eigenvalue weighted by Crippen LogP contribution is -2.30. The molecule has 2 heterocycles. The average Bonchev–Trinajstić information content (AvgIpc) is 3.30. The number of nitrogens with zero attached hydrogens (tertiary/aromatic N) is 1. The molecule has 180 valence electrons. The molecule has 0 amide bonds. The maximum atomic E-state index is 13.1. The Morgan fingerprint density at radius 1 is 1.00 bits per heavy atom. The second-order valence-corrected chi connectivity index (χ2v) is 9.12. The number of aromatic amines is 1. The van der Waals surface area contributed by atoms with Crippen LogP contribution in [0, 0.1) is 0 Å². The molecule has 0 radical (unpaired) electrons. The van der Waals surface area contributed by atoms with Gasteiger partial charge in [-0.15, -0.1) is 0 Å². The van der Waals surface area contributed by atoms with Crippen molar-refractivity contribution in [3.63, 3.8) is 0 Å². The van der Waals surface area contributed by atoms with Crippen LogP contribution < -0.4 is 16.2 Å². The molecule has 0 spiro atoms. The Morgan fingerprint density at radius 2 is 1.86 bits per heavy atom. The zero-order chi connectivity index (χ0) is 25.1. The molecule has 0 unspecified atom stereocenters. The summed E-state index contributed by atoms with van der Waals surface area (Å²) in [7, 11) is 0. The average molecular weight is 497 g/mol. The maximum Gasteiger partial charge on any atom is 0.195 e. The number of H-pyrrole nitrogens is 1. The van der Waals surface area contributed by atoms with E-state index in [1.165, 1.54) is 5.39 Å². The summed E-state index contributed by atoms with van der Waals surface area (Å²) in [6.07, 6.45) is 6.05. The van der Waals surface area contributed by atoms with E-state index < -0.39 is 0 Å². The van der Waals surface area contributed by atoms with Crippen LogP contribution in [0.1, 0.15) is 21.5 Å². The van der Waals surface area contributed by atoms with Gasteiger partial charge in [0.05, 0.1) is 6.20 Å². The molecule has 0 aliphatic rings. The van der Waals surface area contributed by atoms with Crippen LogP contribution in [-0.2, 0) is 6.42 Å². The van der Waals surface area contributed by atoms with Gasteiger partial charge >= 0.3 is 0 Å². The SMILES string of the molecule is Nc1ccc(-c2cncc(OC[C@@H](N)Cc3c[nH]c4ccccc34)c2)cc1C(=O)c1cccc(Cl)c1. The number of hydrogen-bond acceptors (Lipinski definition) is 5. The van der Waals surface area contributed by atoms with Crippen molar-refractivity contribution in [2.45, 2.75) is 12.5 Å². The van der Waals surface area contributed by atoms with Gasteiger partial charge in [0.1, 0.15) is 12.4 Å². The first-order valence-electron chi connectivity index (χ1n) is 11.6. The van der Waals surface area contributed by atoms with Crippen molar-refractivity contribution in [1.29, 1.82) is 0 Å². The Balaban J connectivity index is 1.30. The van der Waals surface area contributed by atoms with E-state index in [-0.39, 0.29) is 11.8 Å². The highest BCUT2D eigenvalue weighted by atomic mass is 35.5. The van der Waals surface area contributed by atoms with Crippen LogP contribution in [0.15, 0.2) is 91.4 Å². The van der Waals surface area contributed by atoms with E-state index >= 15 is 0 Å². The summed E-state index contributed by atoms with van der Waals surface area (Å²) in [6, 6.07) is 22.0. The minimum absolute atomic E-state index is 0.189. The number of hydrogen-bond donors (Lipinski definition) is 3. The number of carbonyl (C=O) groups is 1. The van der Waals surface area contributed by atoms with Gasteiger partial charge in [-0.2, -0.15) is 0 Å². The molecular formula is C29H25ClN4O2. The number of ketones is 1. The van der Waals surface area contributed by atoms with Gasteiger partial charge in [-0.25, -0.2) is 0 Å². The molecule has 0 fully saturated rings. The lowest BCUT2D eigenvalue weighted by Gasteiger charge is -2.14. The maximum absolute atomic E-state index is 13.1. The number of para-hydroxylation sites is 1. The molecular weight excluding hydrogens is 472 g/mol. The minimum Gasteiger partial charge on any atom is -0.490 e. The summed E-state index contributed by atoms with van der Waals surface area (Å²) < 4.78 is 5.97. The third kappa shape index (κ3) is 5.10. The first-order chi connectivity index (χ1) is 17.5. The predicted molar refractivity (Wildman–Crippen MR) is 144 cm³/mol. The van der Waals surface area contributed by atoms with E-state index in [4.69, 9.17) is 27.8 Å². The van der Waals surface area contributed by atoms with Gasteiger partial charge in [0.25, 0.3) is 0 Å². The van der Waals surface area contributed by atoms with E-state index in [1.54, 1.807) is 48.8 Å². The van der Waals surface area contributed by atoms with Crippen molar-refractivity contribution in [2.75, 3.05) is 12.3 Å². The molecule has 0 aliphatic heterocycles. The summed E-state index contributed by atoms with van der Waals surface area (Å²) in [6.45, 7) is 0.338. The van der Waals surface area contributed by atoms with Crippen molar-refractivity contribution in [1.82, 2.24) is 9.97 Å². The normalized spacial score (nSPS) is 11.9. The van der Waals surface area contributed by atoms with E-state index in [0.717, 1.165) is 22.2 Å². The van der Waals surface area contributed by atoms with Crippen LogP contribution in [0.5, 0.6) is 5.75 Å². The predicted octanol–water partition coefficient (Wildman–Crippen LogP) is 5.65. The number of nitrogens with two attached hydrogens (primary N) is 2. The van der Waals surface area contributed by atoms with Gasteiger partial charge in [-0.1, -0.05) is 48.0 Å². The van der Waals surface area contributed by atoms with Gasteiger partial charge in [0.15, 0.2) is 5.78 Å². The number of carbonyl (C=O) groups excluding carboxylic acids is 1. The number of halogens is 1. The molecule has 0 bridgehead atoms. The third-order valence-corrected chi connectivity index (χ3v) is 6.29. The summed E-state index contributed by atoms with van der Waals surface area (Å²) in [5.41, 5.74) is 17.6. The Morgan fingerprint density at radius 3 is 2.72 bits per heavy atom. The molecule has 3 aromatic carbocycles. The van der Waals surface area contributed by atoms with Gasteiger partial charge < -0.3 is 21.2 Å². The Bertz CT molecular complexity index is 1550. The summed E-state index contributed by atoms with van der Waals surface area (Å²) in [5.74, 6) is 0.405.